The number of hydrogen-bond acceptors (Lipinski definition) is 4. The zero-order valence-electron chi connectivity index (χ0n) is 16.5. The fourth-order valence-corrected chi connectivity index (χ4v) is 2.99. The minimum absolute atomic E-state index is 0.0953. The van der Waals surface area contributed by atoms with Gasteiger partial charge in [-0.1, -0.05) is 42.5 Å². The Morgan fingerprint density at radius 2 is 1.76 bits per heavy atom. The van der Waals surface area contributed by atoms with Crippen LogP contribution in [0, 0.1) is 0 Å². The molecular weight excluding hydrogens is 368 g/mol. The van der Waals surface area contributed by atoms with Gasteiger partial charge in [-0.25, -0.2) is 0 Å². The van der Waals surface area contributed by atoms with Crippen molar-refractivity contribution in [2.75, 3.05) is 20.2 Å². The predicted molar refractivity (Wildman–Crippen MR) is 111 cm³/mol. The van der Waals surface area contributed by atoms with Gasteiger partial charge in [-0.05, 0) is 24.6 Å². The number of hydrogen-bond donors (Lipinski definition) is 2. The number of para-hydroxylation sites is 1. The average Bonchev–Trinajstić information content (AvgIpc) is 3.16. The number of aromatic nitrogens is 2. The minimum atomic E-state index is -0.364. The van der Waals surface area contributed by atoms with Crippen molar-refractivity contribution in [1.29, 1.82) is 0 Å². The van der Waals surface area contributed by atoms with E-state index in [4.69, 9.17) is 4.74 Å². The van der Waals surface area contributed by atoms with Crippen LogP contribution in [0.5, 0.6) is 5.75 Å². The van der Waals surface area contributed by atoms with Gasteiger partial charge in [0.2, 0.25) is 5.91 Å². The molecule has 0 aliphatic heterocycles. The SMILES string of the molecule is CCNC(=O)CNC(=O)c1cn(Cc2ccccc2)nc1-c1ccccc1OC. The lowest BCUT2D eigenvalue weighted by Gasteiger charge is -2.08. The van der Waals surface area contributed by atoms with Crippen molar-refractivity contribution in [1.82, 2.24) is 20.4 Å². The largest absolute Gasteiger partial charge is 0.496 e. The van der Waals surface area contributed by atoms with Crippen LogP contribution in [0.1, 0.15) is 22.8 Å². The Morgan fingerprint density at radius 1 is 1.03 bits per heavy atom. The first-order valence-corrected chi connectivity index (χ1v) is 9.42. The molecule has 0 aliphatic carbocycles. The van der Waals surface area contributed by atoms with Crippen molar-refractivity contribution in [3.63, 3.8) is 0 Å². The van der Waals surface area contributed by atoms with Crippen LogP contribution in [0.4, 0.5) is 0 Å². The lowest BCUT2D eigenvalue weighted by atomic mass is 10.1. The van der Waals surface area contributed by atoms with E-state index < -0.39 is 0 Å². The van der Waals surface area contributed by atoms with Gasteiger partial charge in [0.25, 0.3) is 5.91 Å². The number of carbonyl (C=O) groups excluding carboxylic acids is 2. The number of nitrogens with one attached hydrogen (secondary N) is 2. The van der Waals surface area contributed by atoms with Crippen LogP contribution < -0.4 is 15.4 Å². The molecule has 29 heavy (non-hydrogen) atoms. The zero-order valence-corrected chi connectivity index (χ0v) is 16.5. The summed E-state index contributed by atoms with van der Waals surface area (Å²) in [5.74, 6) is 0.0167. The highest BCUT2D eigenvalue weighted by molar-refractivity contribution is 6.01. The monoisotopic (exact) mass is 392 g/mol. The first-order valence-electron chi connectivity index (χ1n) is 9.42. The lowest BCUT2D eigenvalue weighted by Crippen LogP contribution is -2.36. The molecule has 0 radical (unpaired) electrons. The number of benzene rings is 2. The molecule has 0 bridgehead atoms. The van der Waals surface area contributed by atoms with Gasteiger partial charge in [-0.3, -0.25) is 14.3 Å². The van der Waals surface area contributed by atoms with E-state index in [-0.39, 0.29) is 18.4 Å². The van der Waals surface area contributed by atoms with Crippen molar-refractivity contribution in [3.05, 3.63) is 71.9 Å². The molecule has 0 spiro atoms. The van der Waals surface area contributed by atoms with E-state index >= 15 is 0 Å². The van der Waals surface area contributed by atoms with Crippen LogP contribution in [0.15, 0.2) is 60.8 Å². The highest BCUT2D eigenvalue weighted by atomic mass is 16.5. The van der Waals surface area contributed by atoms with Crippen molar-refractivity contribution in [2.45, 2.75) is 13.5 Å². The predicted octanol–water partition coefficient (Wildman–Crippen LogP) is 2.47. The fourth-order valence-electron chi connectivity index (χ4n) is 2.99. The van der Waals surface area contributed by atoms with Crippen LogP contribution >= 0.6 is 0 Å². The summed E-state index contributed by atoms with van der Waals surface area (Å²) in [5, 5.41) is 9.97. The number of rotatable bonds is 8. The molecule has 0 saturated heterocycles. The van der Waals surface area contributed by atoms with Gasteiger partial charge >= 0.3 is 0 Å². The maximum Gasteiger partial charge on any atom is 0.255 e. The molecule has 3 aromatic rings. The molecule has 150 valence electrons. The quantitative estimate of drug-likeness (QED) is 0.617. The average molecular weight is 392 g/mol. The molecule has 0 saturated carbocycles. The third-order valence-electron chi connectivity index (χ3n) is 4.34. The molecule has 2 N–H and O–H groups in total. The van der Waals surface area contributed by atoms with Crippen LogP contribution in [0.2, 0.25) is 0 Å². The van der Waals surface area contributed by atoms with E-state index in [2.05, 4.69) is 15.7 Å². The van der Waals surface area contributed by atoms with Crippen LogP contribution in [-0.4, -0.2) is 41.8 Å². The van der Waals surface area contributed by atoms with Gasteiger partial charge in [0.1, 0.15) is 11.4 Å². The van der Waals surface area contributed by atoms with Crippen LogP contribution in [-0.2, 0) is 11.3 Å². The third kappa shape index (κ3) is 5.01. The summed E-state index contributed by atoms with van der Waals surface area (Å²) in [7, 11) is 1.58. The van der Waals surface area contributed by atoms with E-state index in [1.54, 1.807) is 18.0 Å². The summed E-state index contributed by atoms with van der Waals surface area (Å²) >= 11 is 0. The molecule has 7 heteroatoms. The van der Waals surface area contributed by atoms with Crippen molar-refractivity contribution >= 4 is 11.8 Å². The Bertz CT molecular complexity index is 983. The first kappa shape index (κ1) is 20.1. The Kier molecular flexibility index (Phi) is 6.63. The number of amides is 2. The normalized spacial score (nSPS) is 10.4. The zero-order chi connectivity index (χ0) is 20.6. The maximum atomic E-state index is 12.8. The van der Waals surface area contributed by atoms with Crippen molar-refractivity contribution < 1.29 is 14.3 Å². The second-order valence-corrected chi connectivity index (χ2v) is 6.41. The summed E-state index contributed by atoms with van der Waals surface area (Å²) in [6.07, 6.45) is 1.70. The summed E-state index contributed by atoms with van der Waals surface area (Å²) in [5.41, 5.74) is 2.67. The highest BCUT2D eigenvalue weighted by Gasteiger charge is 2.21. The molecule has 0 unspecified atom stereocenters. The molecular formula is C22H24N4O3. The lowest BCUT2D eigenvalue weighted by molar-refractivity contribution is -0.120. The summed E-state index contributed by atoms with van der Waals surface area (Å²) in [4.78, 5) is 24.5. The van der Waals surface area contributed by atoms with Gasteiger partial charge in [0.05, 0.1) is 25.8 Å². The Morgan fingerprint density at radius 3 is 2.48 bits per heavy atom. The van der Waals surface area contributed by atoms with Crippen LogP contribution in [0.25, 0.3) is 11.3 Å². The first-order chi connectivity index (χ1) is 14.1. The van der Waals surface area contributed by atoms with Gasteiger partial charge in [0.15, 0.2) is 0 Å². The summed E-state index contributed by atoms with van der Waals surface area (Å²) < 4.78 is 7.17. The summed E-state index contributed by atoms with van der Waals surface area (Å²) in [6, 6.07) is 17.3. The van der Waals surface area contributed by atoms with E-state index in [0.29, 0.717) is 35.7 Å². The Hall–Kier alpha value is -3.61. The molecule has 0 aliphatic rings. The molecule has 2 aromatic carbocycles. The van der Waals surface area contributed by atoms with Gasteiger partial charge in [0, 0.05) is 18.3 Å². The number of nitrogens with zero attached hydrogens (tertiary/aromatic N) is 2. The standard InChI is InChI=1S/C22H24N4O3/c1-3-23-20(27)13-24-22(28)18-15-26(14-16-9-5-4-6-10-16)25-21(18)17-11-7-8-12-19(17)29-2/h4-12,15H,3,13-14H2,1-2H3,(H,23,27)(H,24,28). The maximum absolute atomic E-state index is 12.8. The minimum Gasteiger partial charge on any atom is -0.496 e. The van der Waals surface area contributed by atoms with Crippen LogP contribution in [0.3, 0.4) is 0 Å². The highest BCUT2D eigenvalue weighted by Crippen LogP contribution is 2.31. The van der Waals surface area contributed by atoms with E-state index in [0.717, 1.165) is 5.56 Å². The topological polar surface area (TPSA) is 85.3 Å². The molecule has 7 nitrogen and oxygen atoms in total. The number of methoxy groups -OCH3 is 1. The fraction of sp³-hybridized carbons (Fsp3) is 0.227. The molecule has 3 rings (SSSR count). The van der Waals surface area contributed by atoms with E-state index in [1.165, 1.54) is 0 Å². The van der Waals surface area contributed by atoms with E-state index in [9.17, 15) is 9.59 Å². The Labute approximate surface area is 169 Å². The third-order valence-corrected chi connectivity index (χ3v) is 4.34. The van der Waals surface area contributed by atoms with Gasteiger partial charge in [-0.15, -0.1) is 0 Å². The smallest absolute Gasteiger partial charge is 0.255 e. The second kappa shape index (κ2) is 9.54. The van der Waals surface area contributed by atoms with Crippen molar-refractivity contribution in [2.24, 2.45) is 0 Å². The molecule has 1 heterocycles. The van der Waals surface area contributed by atoms with Gasteiger partial charge < -0.3 is 15.4 Å². The molecule has 1 aromatic heterocycles. The van der Waals surface area contributed by atoms with E-state index in [1.807, 2.05) is 61.5 Å². The number of likely N-dealkylation sites (N-methyl/N-ethyl adjacent to an activating group) is 1. The second-order valence-electron chi connectivity index (χ2n) is 6.41. The Balaban J connectivity index is 1.94. The molecule has 0 fully saturated rings. The van der Waals surface area contributed by atoms with Gasteiger partial charge in [-0.2, -0.15) is 5.10 Å². The number of ether oxygens (including phenoxy) is 1. The summed E-state index contributed by atoms with van der Waals surface area (Å²) in [6.45, 7) is 2.76. The molecule has 2 amide bonds. The van der Waals surface area contributed by atoms with Crippen molar-refractivity contribution in [3.8, 4) is 17.0 Å². The molecule has 0 atom stereocenters. The number of carbonyl (C=O) groups is 2.